The van der Waals surface area contributed by atoms with Crippen LogP contribution in [0.5, 0.6) is 5.75 Å². The average Bonchev–Trinajstić information content (AvgIpc) is 2.80. The summed E-state index contributed by atoms with van der Waals surface area (Å²) in [4.78, 5) is 26.4. The molecule has 1 atom stereocenters. The van der Waals surface area contributed by atoms with Gasteiger partial charge in [0.2, 0.25) is 0 Å². The molecule has 0 saturated carbocycles. The minimum Gasteiger partial charge on any atom is -0.508 e. The fourth-order valence-corrected chi connectivity index (χ4v) is 3.20. The van der Waals surface area contributed by atoms with Crippen molar-refractivity contribution in [3.05, 3.63) is 30.0 Å². The molecule has 1 aliphatic rings. The van der Waals surface area contributed by atoms with E-state index in [2.05, 4.69) is 0 Å². The van der Waals surface area contributed by atoms with Crippen LogP contribution in [0.3, 0.4) is 0 Å². The lowest BCUT2D eigenvalue weighted by Gasteiger charge is -2.23. The molecule has 6 heteroatoms. The van der Waals surface area contributed by atoms with Gasteiger partial charge in [-0.2, -0.15) is 0 Å². The van der Waals surface area contributed by atoms with Crippen molar-refractivity contribution in [3.8, 4) is 5.75 Å². The smallest absolute Gasteiger partial charge is 0.311 e. The van der Waals surface area contributed by atoms with Crippen molar-refractivity contribution in [2.75, 3.05) is 13.1 Å². The fourth-order valence-electron chi connectivity index (χ4n) is 3.20. The first-order valence-electron chi connectivity index (χ1n) is 8.72. The number of ether oxygens (including phenoxy) is 1. The molecule has 0 unspecified atom stereocenters. The number of esters is 1. The molecule has 0 aliphatic carbocycles. The molecule has 1 saturated heterocycles. The fraction of sp³-hybridized carbons (Fsp3) is 0.474. The van der Waals surface area contributed by atoms with Gasteiger partial charge >= 0.3 is 5.97 Å². The number of hydrogen-bond donors (Lipinski definition) is 1. The summed E-state index contributed by atoms with van der Waals surface area (Å²) in [6, 6.07) is 4.73. The van der Waals surface area contributed by atoms with E-state index < -0.39 is 12.1 Å². The molecule has 0 spiro atoms. The Hall–Kier alpha value is -2.50. The van der Waals surface area contributed by atoms with Crippen LogP contribution in [0.1, 0.15) is 38.2 Å². The van der Waals surface area contributed by atoms with Gasteiger partial charge in [-0.05, 0) is 31.9 Å². The van der Waals surface area contributed by atoms with E-state index in [1.165, 1.54) is 18.4 Å². The predicted octanol–water partition coefficient (Wildman–Crippen LogP) is 3.02. The molecule has 2 aromatic rings. The summed E-state index contributed by atoms with van der Waals surface area (Å²) < 4.78 is 10.7. The van der Waals surface area contributed by atoms with Gasteiger partial charge in [-0.25, -0.2) is 0 Å². The zero-order valence-corrected chi connectivity index (χ0v) is 14.4. The Morgan fingerprint density at radius 3 is 2.68 bits per heavy atom. The molecule has 1 aliphatic heterocycles. The van der Waals surface area contributed by atoms with Crippen LogP contribution in [0.15, 0.2) is 28.9 Å². The third-order valence-electron chi connectivity index (χ3n) is 4.55. The van der Waals surface area contributed by atoms with Gasteiger partial charge in [0.05, 0.1) is 12.7 Å². The van der Waals surface area contributed by atoms with E-state index in [0.717, 1.165) is 44.2 Å². The van der Waals surface area contributed by atoms with E-state index >= 15 is 0 Å². The quantitative estimate of drug-likeness (QED) is 0.862. The van der Waals surface area contributed by atoms with Crippen molar-refractivity contribution in [1.82, 2.24) is 4.90 Å². The first-order valence-corrected chi connectivity index (χ1v) is 8.72. The Morgan fingerprint density at radius 2 is 1.96 bits per heavy atom. The van der Waals surface area contributed by atoms with E-state index in [9.17, 15) is 14.7 Å². The van der Waals surface area contributed by atoms with E-state index in [1.807, 2.05) is 0 Å². The first-order chi connectivity index (χ1) is 12.0. The topological polar surface area (TPSA) is 80.0 Å². The Morgan fingerprint density at radius 1 is 1.24 bits per heavy atom. The number of phenols is 1. The largest absolute Gasteiger partial charge is 0.508 e. The summed E-state index contributed by atoms with van der Waals surface area (Å²) in [5, 5.41) is 10.2. The molecule has 25 heavy (non-hydrogen) atoms. The standard InChI is InChI=1S/C19H23NO5/c1-13(19(23)20-8-4-2-3-5-9-20)25-18(22)10-14-12-24-17-11-15(21)6-7-16(14)17/h6-7,11-13,21H,2-5,8-10H2,1H3/t13-/m0/s1. The van der Waals surface area contributed by atoms with Crippen LogP contribution < -0.4 is 0 Å². The maximum absolute atomic E-state index is 12.4. The Kier molecular flexibility index (Phi) is 5.26. The van der Waals surface area contributed by atoms with Gasteiger partial charge in [0.25, 0.3) is 5.91 Å². The molecule has 1 aromatic carbocycles. The number of fused-ring (bicyclic) bond motifs is 1. The average molecular weight is 345 g/mol. The number of aromatic hydroxyl groups is 1. The van der Waals surface area contributed by atoms with Crippen LogP contribution in [0.2, 0.25) is 0 Å². The molecule has 0 bridgehead atoms. The summed E-state index contributed by atoms with van der Waals surface area (Å²) in [7, 11) is 0. The van der Waals surface area contributed by atoms with Crippen LogP contribution in [-0.2, 0) is 20.7 Å². The lowest BCUT2D eigenvalue weighted by molar-refractivity contribution is -0.158. The summed E-state index contributed by atoms with van der Waals surface area (Å²) in [6.45, 7) is 3.09. The maximum atomic E-state index is 12.4. The molecule has 1 aromatic heterocycles. The van der Waals surface area contributed by atoms with Gasteiger partial charge in [-0.3, -0.25) is 9.59 Å². The van der Waals surface area contributed by atoms with E-state index in [1.54, 1.807) is 17.9 Å². The molecule has 1 N–H and O–H groups in total. The second-order valence-electron chi connectivity index (χ2n) is 6.49. The van der Waals surface area contributed by atoms with Gasteiger partial charge in [0.15, 0.2) is 6.10 Å². The molecule has 134 valence electrons. The predicted molar refractivity (Wildman–Crippen MR) is 92.2 cm³/mol. The van der Waals surface area contributed by atoms with Gasteiger partial charge in [-0.15, -0.1) is 0 Å². The Balaban J connectivity index is 1.60. The lowest BCUT2D eigenvalue weighted by Crippen LogP contribution is -2.40. The highest BCUT2D eigenvalue weighted by Gasteiger charge is 2.25. The first kappa shape index (κ1) is 17.3. The van der Waals surface area contributed by atoms with Crippen LogP contribution in [0.4, 0.5) is 0 Å². The number of carbonyl (C=O) groups excluding carboxylic acids is 2. The molecule has 6 nitrogen and oxygen atoms in total. The number of rotatable bonds is 4. The van der Waals surface area contributed by atoms with Crippen molar-refractivity contribution in [1.29, 1.82) is 0 Å². The monoisotopic (exact) mass is 345 g/mol. The minimum atomic E-state index is -0.784. The SMILES string of the molecule is C[C@H](OC(=O)Cc1coc2cc(O)ccc12)C(=O)N1CCCCCC1. The molecule has 1 amide bonds. The number of furan rings is 1. The van der Waals surface area contributed by atoms with E-state index in [-0.39, 0.29) is 18.1 Å². The van der Waals surface area contributed by atoms with Crippen LogP contribution >= 0.6 is 0 Å². The van der Waals surface area contributed by atoms with Crippen LogP contribution in [-0.4, -0.2) is 41.1 Å². The van der Waals surface area contributed by atoms with Crippen molar-refractivity contribution in [2.45, 2.75) is 45.1 Å². The number of amides is 1. The number of carbonyl (C=O) groups is 2. The Labute approximate surface area is 146 Å². The number of benzene rings is 1. The lowest BCUT2D eigenvalue weighted by atomic mass is 10.1. The highest BCUT2D eigenvalue weighted by Crippen LogP contribution is 2.25. The third kappa shape index (κ3) is 4.13. The number of nitrogens with zero attached hydrogens (tertiary/aromatic N) is 1. The zero-order valence-electron chi connectivity index (χ0n) is 14.4. The van der Waals surface area contributed by atoms with Crippen molar-refractivity contribution in [2.24, 2.45) is 0 Å². The molecule has 0 radical (unpaired) electrons. The zero-order chi connectivity index (χ0) is 17.8. The second-order valence-corrected chi connectivity index (χ2v) is 6.49. The summed E-state index contributed by atoms with van der Waals surface area (Å²) in [5.41, 5.74) is 1.19. The van der Waals surface area contributed by atoms with Gasteiger partial charge in [0, 0.05) is 30.1 Å². The van der Waals surface area contributed by atoms with Gasteiger partial charge in [0.1, 0.15) is 11.3 Å². The summed E-state index contributed by atoms with van der Waals surface area (Å²) in [5.74, 6) is -0.490. The van der Waals surface area contributed by atoms with Crippen molar-refractivity contribution in [3.63, 3.8) is 0 Å². The van der Waals surface area contributed by atoms with Crippen LogP contribution in [0.25, 0.3) is 11.0 Å². The number of likely N-dealkylation sites (tertiary alicyclic amines) is 1. The number of phenolic OH excluding ortho intramolecular Hbond substituents is 1. The van der Waals surface area contributed by atoms with E-state index in [4.69, 9.17) is 9.15 Å². The second kappa shape index (κ2) is 7.59. The number of hydrogen-bond acceptors (Lipinski definition) is 5. The summed E-state index contributed by atoms with van der Waals surface area (Å²) in [6.07, 6.45) is 5.00. The van der Waals surface area contributed by atoms with Gasteiger partial charge in [-0.1, -0.05) is 12.8 Å². The van der Waals surface area contributed by atoms with E-state index in [0.29, 0.717) is 11.1 Å². The van der Waals surface area contributed by atoms with Crippen LogP contribution in [0, 0.1) is 0 Å². The summed E-state index contributed by atoms with van der Waals surface area (Å²) >= 11 is 0. The van der Waals surface area contributed by atoms with Crippen molar-refractivity contribution >= 4 is 22.8 Å². The van der Waals surface area contributed by atoms with Crippen molar-refractivity contribution < 1.29 is 23.8 Å². The Bertz CT molecular complexity index is 758. The highest BCUT2D eigenvalue weighted by atomic mass is 16.5. The molecular formula is C19H23NO5. The minimum absolute atomic E-state index is 0.0232. The molecular weight excluding hydrogens is 322 g/mol. The normalized spacial score (nSPS) is 16.4. The maximum Gasteiger partial charge on any atom is 0.311 e. The molecule has 1 fully saturated rings. The molecule has 3 rings (SSSR count). The third-order valence-corrected chi connectivity index (χ3v) is 4.55. The van der Waals surface area contributed by atoms with Gasteiger partial charge < -0.3 is 19.2 Å². The highest BCUT2D eigenvalue weighted by molar-refractivity contribution is 5.88. The molecule has 2 heterocycles.